The largest absolute Gasteiger partial charge is 0.393 e. The van der Waals surface area contributed by atoms with E-state index in [1.54, 1.807) is 11.8 Å². The van der Waals surface area contributed by atoms with E-state index in [2.05, 4.69) is 59.5 Å². The highest BCUT2D eigenvalue weighted by Crippen LogP contribution is 2.71. The Labute approximate surface area is 383 Å². The van der Waals surface area contributed by atoms with Crippen LogP contribution in [0.25, 0.3) is 0 Å². The lowest BCUT2D eigenvalue weighted by Crippen LogP contribution is -2.56. The summed E-state index contributed by atoms with van der Waals surface area (Å²) in [6.07, 6.45) is 32.5. The fraction of sp³-hybridized carbons (Fsp3) is 0.879. The summed E-state index contributed by atoms with van der Waals surface area (Å²) in [7, 11) is 0. The average molecular weight is 866 g/mol. The molecule has 0 aliphatic heterocycles. The zero-order chi connectivity index (χ0) is 44.3. The highest BCUT2D eigenvalue weighted by atomic mass is 16.3. The number of nitrogens with zero attached hydrogens (tertiary/aromatic N) is 1. The normalized spacial score (nSPS) is 50.7. The SMILES string of the molecule is CC[C@]1(O)CC[C@@]2(C)C(=CC[C@H]3[C@@H]4CC[C@H]([C@H](C)[C@H](O)CCC5CC5CC[C@]5(O)CC[C@@]6(C)[C@@H](CC[C@@H]7[C@@H]6CC[C@]6(C)[C@@H]([C@H](C)[C@@H](O)c8cccnc8)CC[C@@H]76)C5)[C@@]4(C)CC[C@@H]32)C1. The molecule has 21 atom stereocenters. The Bertz CT molecular complexity index is 1830. The van der Waals surface area contributed by atoms with Gasteiger partial charge in [0.2, 0.25) is 0 Å². The van der Waals surface area contributed by atoms with Crippen molar-refractivity contribution in [3.05, 3.63) is 41.7 Å². The molecular formula is C58H91NO4. The molecule has 0 spiro atoms. The fourth-order valence-corrected chi connectivity index (χ4v) is 19.8. The molecule has 5 nitrogen and oxygen atoms in total. The standard InChI is InChI=1S/C58H91NO4/c1-8-57(62)29-27-53(4)41(33-57)12-14-43-47-18-16-45(55(47,6)24-22-49(43)53)36(2)51(60)20-11-38-32-39(38)21-26-58(63)30-28-54(5)42(34-58)13-15-44-48-19-17-46(56(48,7)25-23-50(44)54)37(3)52(61)40-10-9-31-59-35-40/h9-10,12,31,35-39,42-52,60-63H,8,11,13-30,32-34H2,1-7H3/t36-,37-,38?,39?,42-,43-,44-,45+,46+,47-,48-,49-,50-,51+,52+,53-,54-,55+,56+,57-,58-/m0/s1. The maximum absolute atomic E-state index is 12.2. The third kappa shape index (κ3) is 7.54. The van der Waals surface area contributed by atoms with Crippen molar-refractivity contribution >= 4 is 0 Å². The third-order valence-corrected chi connectivity index (χ3v) is 24.2. The maximum atomic E-state index is 12.2. The van der Waals surface area contributed by atoms with Gasteiger partial charge in [-0.3, -0.25) is 4.98 Å². The van der Waals surface area contributed by atoms with E-state index in [1.807, 2.05) is 18.3 Å². The van der Waals surface area contributed by atoms with Crippen LogP contribution in [0, 0.1) is 98.6 Å². The first-order valence-corrected chi connectivity index (χ1v) is 27.4. The first-order valence-electron chi connectivity index (χ1n) is 27.4. The molecule has 1 aromatic heterocycles. The molecule has 2 unspecified atom stereocenters. The minimum atomic E-state index is -0.492. The average Bonchev–Trinajstić information content (AvgIpc) is 3.81. The van der Waals surface area contributed by atoms with Crippen LogP contribution >= 0.6 is 0 Å². The Morgan fingerprint density at radius 3 is 2.08 bits per heavy atom. The minimum Gasteiger partial charge on any atom is -0.393 e. The number of hydrogen-bond donors (Lipinski definition) is 4. The van der Waals surface area contributed by atoms with E-state index in [0.29, 0.717) is 39.9 Å². The number of aromatic nitrogens is 1. The van der Waals surface area contributed by atoms with Gasteiger partial charge >= 0.3 is 0 Å². The van der Waals surface area contributed by atoms with Gasteiger partial charge in [0.05, 0.1) is 23.4 Å². The lowest BCUT2D eigenvalue weighted by atomic mass is 9.43. The molecule has 1 aromatic rings. The van der Waals surface area contributed by atoms with Crippen molar-refractivity contribution in [2.24, 2.45) is 98.6 Å². The molecule has 9 aliphatic carbocycles. The van der Waals surface area contributed by atoms with Crippen molar-refractivity contribution in [2.45, 2.75) is 220 Å². The highest BCUT2D eigenvalue weighted by molar-refractivity contribution is 5.27. The van der Waals surface area contributed by atoms with Crippen molar-refractivity contribution in [1.82, 2.24) is 4.98 Å². The number of aliphatic hydroxyl groups excluding tert-OH is 2. The third-order valence-electron chi connectivity index (χ3n) is 24.2. The van der Waals surface area contributed by atoms with Gasteiger partial charge in [-0.05, 0) is 258 Å². The summed E-state index contributed by atoms with van der Waals surface area (Å²) in [6.45, 7) is 17.3. The molecule has 8 saturated carbocycles. The predicted molar refractivity (Wildman–Crippen MR) is 254 cm³/mol. The molecular weight excluding hydrogens is 775 g/mol. The second-order valence-corrected chi connectivity index (χ2v) is 26.4. The number of fused-ring (bicyclic) bond motifs is 10. The summed E-state index contributed by atoms with van der Waals surface area (Å²) >= 11 is 0. The molecule has 5 heteroatoms. The van der Waals surface area contributed by atoms with Crippen molar-refractivity contribution in [1.29, 1.82) is 0 Å². The monoisotopic (exact) mass is 866 g/mol. The summed E-state index contributed by atoms with van der Waals surface area (Å²) in [6, 6.07) is 4.00. The van der Waals surface area contributed by atoms with Crippen LogP contribution in [-0.4, -0.2) is 42.7 Å². The van der Waals surface area contributed by atoms with Gasteiger partial charge < -0.3 is 20.4 Å². The fourth-order valence-electron chi connectivity index (χ4n) is 19.8. The van der Waals surface area contributed by atoms with Gasteiger partial charge in [0, 0.05) is 12.4 Å². The van der Waals surface area contributed by atoms with Crippen LogP contribution in [0.5, 0.6) is 0 Å². The molecule has 10 rings (SSSR count). The van der Waals surface area contributed by atoms with Crippen LogP contribution in [0.1, 0.15) is 208 Å². The predicted octanol–water partition coefficient (Wildman–Crippen LogP) is 13.1. The molecule has 63 heavy (non-hydrogen) atoms. The van der Waals surface area contributed by atoms with Crippen LogP contribution < -0.4 is 0 Å². The van der Waals surface area contributed by atoms with Crippen LogP contribution in [0.3, 0.4) is 0 Å². The van der Waals surface area contributed by atoms with E-state index in [-0.39, 0.29) is 17.4 Å². The van der Waals surface area contributed by atoms with Crippen LogP contribution in [0.2, 0.25) is 0 Å². The first kappa shape index (κ1) is 45.5. The Morgan fingerprint density at radius 1 is 0.698 bits per heavy atom. The summed E-state index contributed by atoms with van der Waals surface area (Å²) in [5.74, 6) is 8.58. The minimum absolute atomic E-state index is 0.199. The van der Waals surface area contributed by atoms with Crippen molar-refractivity contribution in [2.75, 3.05) is 0 Å². The van der Waals surface area contributed by atoms with Gasteiger partial charge in [0.15, 0.2) is 0 Å². The van der Waals surface area contributed by atoms with E-state index >= 15 is 0 Å². The molecule has 1 heterocycles. The molecule has 0 radical (unpaired) electrons. The molecule has 0 saturated heterocycles. The van der Waals surface area contributed by atoms with E-state index in [9.17, 15) is 20.4 Å². The maximum Gasteiger partial charge on any atom is 0.0833 e. The van der Waals surface area contributed by atoms with Gasteiger partial charge in [-0.2, -0.15) is 0 Å². The Hall–Kier alpha value is -1.27. The molecule has 0 amide bonds. The van der Waals surface area contributed by atoms with Crippen LogP contribution in [0.4, 0.5) is 0 Å². The lowest BCUT2D eigenvalue weighted by Gasteiger charge is -2.62. The smallest absolute Gasteiger partial charge is 0.0833 e. The Balaban J connectivity index is 0.689. The molecule has 4 N–H and O–H groups in total. The molecule has 0 aromatic carbocycles. The summed E-state index contributed by atoms with van der Waals surface area (Å²) in [4.78, 5) is 4.32. The van der Waals surface area contributed by atoms with Crippen LogP contribution in [0.15, 0.2) is 36.2 Å². The number of rotatable bonds is 12. The quantitative estimate of drug-likeness (QED) is 0.157. The van der Waals surface area contributed by atoms with Gasteiger partial charge in [-0.15, -0.1) is 0 Å². The topological polar surface area (TPSA) is 93.8 Å². The molecule has 0 bridgehead atoms. The second-order valence-electron chi connectivity index (χ2n) is 26.4. The van der Waals surface area contributed by atoms with Crippen molar-refractivity contribution in [3.63, 3.8) is 0 Å². The molecule has 8 fully saturated rings. The van der Waals surface area contributed by atoms with E-state index < -0.39 is 17.3 Å². The van der Waals surface area contributed by atoms with E-state index in [4.69, 9.17) is 0 Å². The van der Waals surface area contributed by atoms with Gasteiger partial charge in [0.25, 0.3) is 0 Å². The second kappa shape index (κ2) is 16.5. The summed E-state index contributed by atoms with van der Waals surface area (Å²) in [5, 5.41) is 46.7. The van der Waals surface area contributed by atoms with Crippen LogP contribution in [-0.2, 0) is 0 Å². The van der Waals surface area contributed by atoms with E-state index in [0.717, 1.165) is 111 Å². The Kier molecular flexibility index (Phi) is 11.9. The highest BCUT2D eigenvalue weighted by Gasteiger charge is 2.63. The Morgan fingerprint density at radius 2 is 1.37 bits per heavy atom. The number of hydrogen-bond acceptors (Lipinski definition) is 5. The lowest BCUT2D eigenvalue weighted by molar-refractivity contribution is -0.155. The number of aliphatic hydroxyl groups is 4. The van der Waals surface area contributed by atoms with Crippen molar-refractivity contribution < 1.29 is 20.4 Å². The molecule has 352 valence electrons. The zero-order valence-corrected chi connectivity index (χ0v) is 41.0. The molecule has 9 aliphatic rings. The van der Waals surface area contributed by atoms with E-state index in [1.165, 1.54) is 89.9 Å². The zero-order valence-electron chi connectivity index (χ0n) is 41.0. The number of allylic oxidation sites excluding steroid dienone is 1. The van der Waals surface area contributed by atoms with Gasteiger partial charge in [-0.1, -0.05) is 66.2 Å². The number of pyridine rings is 1. The van der Waals surface area contributed by atoms with Gasteiger partial charge in [0.1, 0.15) is 0 Å². The van der Waals surface area contributed by atoms with Gasteiger partial charge in [-0.25, -0.2) is 0 Å². The first-order chi connectivity index (χ1) is 30.0. The summed E-state index contributed by atoms with van der Waals surface area (Å²) < 4.78 is 0. The summed E-state index contributed by atoms with van der Waals surface area (Å²) in [5.41, 5.74) is 2.85. The van der Waals surface area contributed by atoms with Crippen molar-refractivity contribution in [3.8, 4) is 0 Å².